The number of carbonyl (C=O) groups is 1. The Balaban J connectivity index is 1.46. The van der Waals surface area contributed by atoms with Crippen molar-refractivity contribution in [3.05, 3.63) is 61.0 Å². The Morgan fingerprint density at radius 2 is 2.14 bits per heavy atom. The molecule has 2 aliphatic rings. The highest BCUT2D eigenvalue weighted by Crippen LogP contribution is 2.46. The number of hydrogen-bond acceptors (Lipinski definition) is 4. The summed E-state index contributed by atoms with van der Waals surface area (Å²) in [6.07, 6.45) is 14.7. The van der Waals surface area contributed by atoms with Gasteiger partial charge in [-0.2, -0.15) is 0 Å². The number of phenols is 1. The quantitative estimate of drug-likeness (QED) is 0.376. The monoisotopic (exact) mass is 476 g/mol. The van der Waals surface area contributed by atoms with Gasteiger partial charge in [0.05, 0.1) is 18.6 Å². The molecule has 2 saturated carbocycles. The summed E-state index contributed by atoms with van der Waals surface area (Å²) in [6.45, 7) is 5.61. The van der Waals surface area contributed by atoms with Gasteiger partial charge in [-0.25, -0.2) is 9.37 Å². The van der Waals surface area contributed by atoms with E-state index in [0.717, 1.165) is 47.2 Å². The third-order valence-electron chi connectivity index (χ3n) is 8.04. The van der Waals surface area contributed by atoms with Crippen LogP contribution in [0.3, 0.4) is 0 Å². The van der Waals surface area contributed by atoms with Crippen LogP contribution in [-0.4, -0.2) is 26.4 Å². The Morgan fingerprint density at radius 3 is 2.94 bits per heavy atom. The highest BCUT2D eigenvalue weighted by molar-refractivity contribution is 5.88. The first-order chi connectivity index (χ1) is 16.9. The number of phenolic OH excluding ortho intramolecular Hbond substituents is 1. The number of allylic oxidation sites excluding steroid dienone is 1. The molecular formula is C29H33FN2O3. The fraction of sp³-hybridized carbons (Fsp3) is 0.448. The Labute approximate surface area is 205 Å². The zero-order valence-electron chi connectivity index (χ0n) is 20.3. The number of ketones is 1. The fourth-order valence-corrected chi connectivity index (χ4v) is 6.22. The van der Waals surface area contributed by atoms with Crippen molar-refractivity contribution in [3.63, 3.8) is 0 Å². The lowest BCUT2D eigenvalue weighted by atomic mass is 9.83. The van der Waals surface area contributed by atoms with Crippen LogP contribution in [0.25, 0.3) is 16.6 Å². The highest BCUT2D eigenvalue weighted by atomic mass is 19.1. The molecule has 1 N–H and O–H groups in total. The molecule has 0 radical (unpaired) electrons. The average Bonchev–Trinajstić information content (AvgIpc) is 3.48. The molecule has 0 saturated heterocycles. The topological polar surface area (TPSA) is 63.8 Å². The zero-order chi connectivity index (χ0) is 24.5. The third-order valence-corrected chi connectivity index (χ3v) is 8.04. The first-order valence-electron chi connectivity index (χ1n) is 12.7. The SMILES string of the molecule is C=CC(=O)CC[C@H]1C[C@H](Oc2cc(-c3cc(F)c(O)cc3CC)cn3cncc23)C[C@H]2CCC1C2. The lowest BCUT2D eigenvalue weighted by Crippen LogP contribution is -2.24. The number of fused-ring (bicyclic) bond motifs is 3. The third kappa shape index (κ3) is 4.84. The summed E-state index contributed by atoms with van der Waals surface area (Å²) in [5, 5.41) is 9.87. The van der Waals surface area contributed by atoms with E-state index in [9.17, 15) is 14.3 Å². The van der Waals surface area contributed by atoms with Gasteiger partial charge in [-0.1, -0.05) is 19.9 Å². The summed E-state index contributed by atoms with van der Waals surface area (Å²) in [5.74, 6) is 1.68. The minimum Gasteiger partial charge on any atom is -0.505 e. The van der Waals surface area contributed by atoms with Crippen molar-refractivity contribution >= 4 is 11.3 Å². The molecule has 2 bridgehead atoms. The number of benzene rings is 1. The van der Waals surface area contributed by atoms with E-state index in [4.69, 9.17) is 4.74 Å². The van der Waals surface area contributed by atoms with Gasteiger partial charge in [0.15, 0.2) is 17.3 Å². The van der Waals surface area contributed by atoms with Crippen LogP contribution >= 0.6 is 0 Å². The van der Waals surface area contributed by atoms with Crippen LogP contribution in [0.2, 0.25) is 0 Å². The summed E-state index contributed by atoms with van der Waals surface area (Å²) in [5.41, 5.74) is 3.31. The van der Waals surface area contributed by atoms with E-state index in [1.165, 1.54) is 37.5 Å². The lowest BCUT2D eigenvalue weighted by molar-refractivity contribution is -0.115. The van der Waals surface area contributed by atoms with Gasteiger partial charge < -0.3 is 14.2 Å². The Kier molecular flexibility index (Phi) is 6.63. The molecule has 1 unspecified atom stereocenters. The van der Waals surface area contributed by atoms with Crippen molar-refractivity contribution in [2.45, 2.75) is 64.4 Å². The van der Waals surface area contributed by atoms with Crippen LogP contribution in [0.5, 0.6) is 11.5 Å². The number of aromatic hydroxyl groups is 1. The van der Waals surface area contributed by atoms with E-state index < -0.39 is 5.82 Å². The Hall–Kier alpha value is -3.15. The molecule has 2 heterocycles. The van der Waals surface area contributed by atoms with E-state index in [1.54, 1.807) is 12.5 Å². The van der Waals surface area contributed by atoms with Crippen molar-refractivity contribution in [1.82, 2.24) is 9.38 Å². The number of hydrogen-bond donors (Lipinski definition) is 1. The maximum absolute atomic E-state index is 14.3. The minimum atomic E-state index is -0.637. The van der Waals surface area contributed by atoms with E-state index >= 15 is 0 Å². The van der Waals surface area contributed by atoms with Crippen molar-refractivity contribution in [2.75, 3.05) is 0 Å². The number of ether oxygens (including phenoxy) is 1. The molecule has 2 aromatic heterocycles. The minimum absolute atomic E-state index is 0.0604. The van der Waals surface area contributed by atoms with Gasteiger partial charge in [-0.3, -0.25) is 4.79 Å². The molecule has 3 aromatic rings. The second-order valence-corrected chi connectivity index (χ2v) is 10.2. The van der Waals surface area contributed by atoms with Crippen molar-refractivity contribution in [1.29, 1.82) is 0 Å². The molecule has 0 spiro atoms. The number of halogens is 1. The summed E-state index contributed by atoms with van der Waals surface area (Å²) < 4.78 is 22.9. The molecule has 5 nitrogen and oxygen atoms in total. The molecule has 184 valence electrons. The van der Waals surface area contributed by atoms with Gasteiger partial charge in [-0.15, -0.1) is 0 Å². The van der Waals surface area contributed by atoms with Crippen molar-refractivity contribution in [3.8, 4) is 22.6 Å². The van der Waals surface area contributed by atoms with Gasteiger partial charge in [0.25, 0.3) is 0 Å². The van der Waals surface area contributed by atoms with Crippen LogP contribution in [0.1, 0.15) is 57.4 Å². The molecule has 2 aliphatic carbocycles. The van der Waals surface area contributed by atoms with Crippen LogP contribution < -0.4 is 4.74 Å². The van der Waals surface area contributed by atoms with E-state index in [-0.39, 0.29) is 17.6 Å². The van der Waals surface area contributed by atoms with Gasteiger partial charge in [0.1, 0.15) is 11.3 Å². The number of rotatable bonds is 8. The van der Waals surface area contributed by atoms with E-state index in [1.807, 2.05) is 23.6 Å². The average molecular weight is 477 g/mol. The molecule has 35 heavy (non-hydrogen) atoms. The first kappa shape index (κ1) is 23.6. The zero-order valence-corrected chi connectivity index (χ0v) is 20.3. The standard InChI is InChI=1S/C29H33FN2O3/c1-3-19-12-28(34)26(30)14-25(19)22-13-29(27-15-31-17-32(27)16-22)35-24-10-18-5-6-20(9-18)21(11-24)7-8-23(33)4-2/h4,12-18,20-21,24,34H,2-3,5-11H2,1H3/t18-,20?,21-,24+/m0/s1. The van der Waals surface area contributed by atoms with Crippen LogP contribution in [0.15, 0.2) is 49.6 Å². The maximum Gasteiger partial charge on any atom is 0.165 e. The molecule has 4 atom stereocenters. The van der Waals surface area contributed by atoms with Gasteiger partial charge in [0.2, 0.25) is 0 Å². The fourth-order valence-electron chi connectivity index (χ4n) is 6.22. The van der Waals surface area contributed by atoms with Gasteiger partial charge >= 0.3 is 0 Å². The molecule has 2 fully saturated rings. The number of carbonyl (C=O) groups excluding carboxylic acids is 1. The van der Waals surface area contributed by atoms with Crippen LogP contribution in [0, 0.1) is 23.6 Å². The van der Waals surface area contributed by atoms with Crippen molar-refractivity contribution in [2.24, 2.45) is 17.8 Å². The second-order valence-electron chi connectivity index (χ2n) is 10.2. The molecule has 0 aliphatic heterocycles. The second kappa shape index (κ2) is 9.84. The van der Waals surface area contributed by atoms with Crippen molar-refractivity contribution < 1.29 is 19.0 Å². The smallest absolute Gasteiger partial charge is 0.165 e. The Morgan fingerprint density at radius 1 is 1.29 bits per heavy atom. The highest BCUT2D eigenvalue weighted by Gasteiger charge is 2.38. The Bertz CT molecular complexity index is 1250. The summed E-state index contributed by atoms with van der Waals surface area (Å²) in [6, 6.07) is 4.87. The van der Waals surface area contributed by atoms with Gasteiger partial charge in [-0.05, 0) is 91.7 Å². The molecule has 1 aromatic carbocycles. The maximum atomic E-state index is 14.3. The van der Waals surface area contributed by atoms with E-state index in [0.29, 0.717) is 30.6 Å². The number of pyridine rings is 1. The van der Waals surface area contributed by atoms with Crippen LogP contribution in [0.4, 0.5) is 4.39 Å². The summed E-state index contributed by atoms with van der Waals surface area (Å²) >= 11 is 0. The number of imidazole rings is 1. The molecule has 6 heteroatoms. The largest absolute Gasteiger partial charge is 0.505 e. The van der Waals surface area contributed by atoms with E-state index in [2.05, 4.69) is 11.6 Å². The molecule has 0 amide bonds. The molecular weight excluding hydrogens is 443 g/mol. The number of aromatic nitrogens is 2. The van der Waals surface area contributed by atoms with Gasteiger partial charge in [0, 0.05) is 18.2 Å². The summed E-state index contributed by atoms with van der Waals surface area (Å²) in [4.78, 5) is 16.2. The number of aryl methyl sites for hydroxylation is 1. The summed E-state index contributed by atoms with van der Waals surface area (Å²) in [7, 11) is 0. The predicted octanol–water partition coefficient (Wildman–Crippen LogP) is 6.52. The predicted molar refractivity (Wildman–Crippen MR) is 134 cm³/mol. The lowest BCUT2D eigenvalue weighted by Gasteiger charge is -2.27. The first-order valence-corrected chi connectivity index (χ1v) is 12.7. The molecule has 5 rings (SSSR count). The number of nitrogens with zero attached hydrogens (tertiary/aromatic N) is 2. The van der Waals surface area contributed by atoms with Crippen LogP contribution in [-0.2, 0) is 11.2 Å². The normalized spacial score (nSPS) is 23.8.